The van der Waals surface area contributed by atoms with Gasteiger partial charge >= 0.3 is 0 Å². The number of methoxy groups -OCH3 is 1. The third kappa shape index (κ3) is 14.1. The van der Waals surface area contributed by atoms with Crippen molar-refractivity contribution in [1.29, 1.82) is 0 Å². The van der Waals surface area contributed by atoms with Crippen LogP contribution in [0.5, 0.6) is 0 Å². The number of hydrogen-bond acceptors (Lipinski definition) is 2. The molecule has 0 amide bonds. The molecule has 0 aromatic rings. The lowest BCUT2D eigenvalue weighted by Crippen LogP contribution is -2.18. The largest absolute Gasteiger partial charge is 0.356 e. The Morgan fingerprint density at radius 3 is 1.68 bits per heavy atom. The molecule has 0 spiro atoms. The van der Waals surface area contributed by atoms with Gasteiger partial charge in [0.25, 0.3) is 0 Å². The molecule has 2 heteroatoms. The molecule has 0 heterocycles. The quantitative estimate of drug-likeness (QED) is 0.298. The molecule has 0 aliphatic heterocycles. The topological polar surface area (TPSA) is 18.5 Å². The lowest BCUT2D eigenvalue weighted by molar-refractivity contribution is -0.140. The van der Waals surface area contributed by atoms with Crippen LogP contribution in [0.2, 0.25) is 0 Å². The molecular weight excluding hydrogens is 236 g/mol. The summed E-state index contributed by atoms with van der Waals surface area (Å²) in [7, 11) is 1.69. The maximum Gasteiger partial charge on any atom is 0.154 e. The van der Waals surface area contributed by atoms with Crippen LogP contribution in [0.4, 0.5) is 0 Å². The van der Waals surface area contributed by atoms with Crippen molar-refractivity contribution in [2.24, 2.45) is 0 Å². The fourth-order valence-electron chi connectivity index (χ4n) is 2.37. The highest BCUT2D eigenvalue weighted by Crippen LogP contribution is 2.13. The standard InChI is InChI=1S/C17H36O2/c1-5-6-7-8-9-10-11-12-13-14-15-16(2)19-17(3)18-4/h16-17H,5-15H2,1-4H3. The molecule has 0 aromatic heterocycles. The van der Waals surface area contributed by atoms with Gasteiger partial charge in [-0.2, -0.15) is 0 Å². The molecule has 0 aliphatic carbocycles. The minimum atomic E-state index is -0.0712. The lowest BCUT2D eigenvalue weighted by atomic mass is 10.0. The maximum absolute atomic E-state index is 5.66. The molecule has 0 bridgehead atoms. The predicted octanol–water partition coefficient (Wildman–Crippen LogP) is 5.69. The first-order valence-electron chi connectivity index (χ1n) is 8.39. The molecule has 0 radical (unpaired) electrons. The molecule has 0 saturated heterocycles. The Kier molecular flexibility index (Phi) is 14.3. The molecule has 0 saturated carbocycles. The molecule has 0 rings (SSSR count). The van der Waals surface area contributed by atoms with E-state index in [4.69, 9.17) is 9.47 Å². The molecule has 2 nitrogen and oxygen atoms in total. The summed E-state index contributed by atoms with van der Waals surface area (Å²) in [6.45, 7) is 6.37. The summed E-state index contributed by atoms with van der Waals surface area (Å²) in [6, 6.07) is 0. The Balaban J connectivity index is 3.13. The van der Waals surface area contributed by atoms with Gasteiger partial charge in [-0.05, 0) is 20.3 Å². The fraction of sp³-hybridized carbons (Fsp3) is 1.00. The fourth-order valence-corrected chi connectivity index (χ4v) is 2.37. The van der Waals surface area contributed by atoms with E-state index in [0.717, 1.165) is 6.42 Å². The molecule has 0 aliphatic rings. The van der Waals surface area contributed by atoms with Crippen LogP contribution in [-0.4, -0.2) is 19.5 Å². The number of ether oxygens (including phenoxy) is 2. The Labute approximate surface area is 121 Å². The minimum absolute atomic E-state index is 0.0712. The van der Waals surface area contributed by atoms with Crippen molar-refractivity contribution >= 4 is 0 Å². The van der Waals surface area contributed by atoms with Crippen molar-refractivity contribution in [3.63, 3.8) is 0 Å². The first-order valence-corrected chi connectivity index (χ1v) is 8.39. The smallest absolute Gasteiger partial charge is 0.154 e. The van der Waals surface area contributed by atoms with Crippen LogP contribution < -0.4 is 0 Å². The highest BCUT2D eigenvalue weighted by atomic mass is 16.7. The normalized spacial score (nSPS) is 14.5. The van der Waals surface area contributed by atoms with Gasteiger partial charge in [0.15, 0.2) is 6.29 Å². The van der Waals surface area contributed by atoms with E-state index in [1.54, 1.807) is 7.11 Å². The van der Waals surface area contributed by atoms with Crippen LogP contribution in [0.15, 0.2) is 0 Å². The third-order valence-electron chi connectivity index (χ3n) is 3.72. The van der Waals surface area contributed by atoms with Gasteiger partial charge in [0.05, 0.1) is 6.10 Å². The maximum atomic E-state index is 5.66. The first kappa shape index (κ1) is 18.9. The van der Waals surface area contributed by atoms with Crippen molar-refractivity contribution in [1.82, 2.24) is 0 Å². The summed E-state index contributed by atoms with van der Waals surface area (Å²) in [5.41, 5.74) is 0. The molecule has 2 unspecified atom stereocenters. The highest BCUT2D eigenvalue weighted by molar-refractivity contribution is 4.53. The van der Waals surface area contributed by atoms with E-state index >= 15 is 0 Å². The number of hydrogen-bond donors (Lipinski definition) is 0. The van der Waals surface area contributed by atoms with Crippen LogP contribution in [0.25, 0.3) is 0 Å². The Morgan fingerprint density at radius 2 is 1.21 bits per heavy atom. The average Bonchev–Trinajstić information content (AvgIpc) is 2.40. The Morgan fingerprint density at radius 1 is 0.737 bits per heavy atom. The zero-order chi connectivity index (χ0) is 14.3. The number of unbranched alkanes of at least 4 members (excludes halogenated alkanes) is 9. The van der Waals surface area contributed by atoms with E-state index in [1.165, 1.54) is 64.2 Å². The van der Waals surface area contributed by atoms with Crippen molar-refractivity contribution < 1.29 is 9.47 Å². The van der Waals surface area contributed by atoms with Crippen molar-refractivity contribution in [3.8, 4) is 0 Å². The van der Waals surface area contributed by atoms with Gasteiger partial charge in [-0.25, -0.2) is 0 Å². The van der Waals surface area contributed by atoms with E-state index in [9.17, 15) is 0 Å². The molecule has 0 fully saturated rings. The molecule has 2 atom stereocenters. The van der Waals surface area contributed by atoms with Gasteiger partial charge < -0.3 is 9.47 Å². The van der Waals surface area contributed by atoms with E-state index in [2.05, 4.69) is 13.8 Å². The summed E-state index contributed by atoms with van der Waals surface area (Å²) >= 11 is 0. The monoisotopic (exact) mass is 272 g/mol. The van der Waals surface area contributed by atoms with E-state index < -0.39 is 0 Å². The molecular formula is C17H36O2. The zero-order valence-corrected chi connectivity index (χ0v) is 13.7. The molecule has 0 aromatic carbocycles. The minimum Gasteiger partial charge on any atom is -0.356 e. The first-order chi connectivity index (χ1) is 9.20. The van der Waals surface area contributed by atoms with Crippen LogP contribution in [0.1, 0.15) is 91.4 Å². The van der Waals surface area contributed by atoms with E-state index in [1.807, 2.05) is 6.92 Å². The summed E-state index contributed by atoms with van der Waals surface area (Å²) in [5, 5.41) is 0. The van der Waals surface area contributed by atoms with Crippen LogP contribution in [0.3, 0.4) is 0 Å². The Hall–Kier alpha value is -0.0800. The van der Waals surface area contributed by atoms with Crippen molar-refractivity contribution in [2.45, 2.75) is 104 Å². The van der Waals surface area contributed by atoms with E-state index in [-0.39, 0.29) is 6.29 Å². The van der Waals surface area contributed by atoms with Gasteiger partial charge in [-0.1, -0.05) is 71.1 Å². The zero-order valence-electron chi connectivity index (χ0n) is 13.7. The second kappa shape index (κ2) is 14.3. The second-order valence-electron chi connectivity index (χ2n) is 5.72. The van der Waals surface area contributed by atoms with Gasteiger partial charge in [0.1, 0.15) is 0 Å². The molecule has 0 N–H and O–H groups in total. The average molecular weight is 272 g/mol. The second-order valence-corrected chi connectivity index (χ2v) is 5.72. The van der Waals surface area contributed by atoms with Gasteiger partial charge in [-0.15, -0.1) is 0 Å². The summed E-state index contributed by atoms with van der Waals surface area (Å²) in [4.78, 5) is 0. The summed E-state index contributed by atoms with van der Waals surface area (Å²) in [6.07, 6.45) is 15.3. The molecule has 116 valence electrons. The van der Waals surface area contributed by atoms with E-state index in [0.29, 0.717) is 6.10 Å². The Bertz CT molecular complexity index is 171. The summed E-state index contributed by atoms with van der Waals surface area (Å²) in [5.74, 6) is 0. The SMILES string of the molecule is CCCCCCCCCCCCC(C)OC(C)OC. The van der Waals surface area contributed by atoms with Gasteiger partial charge in [0.2, 0.25) is 0 Å². The van der Waals surface area contributed by atoms with Crippen molar-refractivity contribution in [2.75, 3.05) is 7.11 Å². The summed E-state index contributed by atoms with van der Waals surface area (Å²) < 4.78 is 10.8. The predicted molar refractivity (Wildman–Crippen MR) is 83.5 cm³/mol. The molecule has 19 heavy (non-hydrogen) atoms. The number of rotatable bonds is 14. The lowest BCUT2D eigenvalue weighted by Gasteiger charge is -2.17. The third-order valence-corrected chi connectivity index (χ3v) is 3.72. The van der Waals surface area contributed by atoms with Crippen LogP contribution in [-0.2, 0) is 9.47 Å². The highest BCUT2D eigenvalue weighted by Gasteiger charge is 2.06. The van der Waals surface area contributed by atoms with Gasteiger partial charge in [0, 0.05) is 7.11 Å². The van der Waals surface area contributed by atoms with Crippen molar-refractivity contribution in [3.05, 3.63) is 0 Å². The van der Waals surface area contributed by atoms with Crippen LogP contribution in [0, 0.1) is 0 Å². The van der Waals surface area contributed by atoms with Crippen LogP contribution >= 0.6 is 0 Å². The van der Waals surface area contributed by atoms with Gasteiger partial charge in [-0.3, -0.25) is 0 Å².